The van der Waals surface area contributed by atoms with Crippen LogP contribution in [0.15, 0.2) is 115 Å². The van der Waals surface area contributed by atoms with Gasteiger partial charge in [0, 0.05) is 0 Å². The molecule has 0 spiro atoms. The summed E-state index contributed by atoms with van der Waals surface area (Å²) in [6.07, 6.45) is 4.76. The van der Waals surface area contributed by atoms with Crippen LogP contribution < -0.4 is 10.9 Å². The summed E-state index contributed by atoms with van der Waals surface area (Å²) in [6, 6.07) is 42.1. The van der Waals surface area contributed by atoms with Gasteiger partial charge < -0.3 is 0 Å². The molecule has 4 aromatic rings. The van der Waals surface area contributed by atoms with Crippen LogP contribution in [-0.2, 0) is 0 Å². The predicted octanol–water partition coefficient (Wildman–Crippen LogP) is 7.33. The topological polar surface area (TPSA) is 0 Å². The maximum Gasteiger partial charge on any atom is 0.242 e. The Morgan fingerprint density at radius 3 is 1.61 bits per heavy atom. The number of hydrogen-bond acceptors (Lipinski definition) is 0. The number of benzene rings is 4. The van der Waals surface area contributed by atoms with Crippen molar-refractivity contribution in [3.8, 4) is 0 Å². The van der Waals surface area contributed by atoms with E-state index in [9.17, 15) is 0 Å². The maximum absolute atomic E-state index is 2.31. The molecule has 0 saturated carbocycles. The molecule has 0 saturated heterocycles. The second-order valence-electron chi connectivity index (χ2n) is 8.84. The van der Waals surface area contributed by atoms with Gasteiger partial charge in [-0.25, -0.2) is 0 Å². The van der Waals surface area contributed by atoms with Gasteiger partial charge in [-0.2, -0.15) is 0 Å². The van der Waals surface area contributed by atoms with Crippen LogP contribution in [0.25, 0.3) is 11.0 Å². The summed E-state index contributed by atoms with van der Waals surface area (Å²) in [4.78, 5) is 0. The highest BCUT2D eigenvalue weighted by atomic mass is 14.1. The third-order valence-corrected chi connectivity index (χ3v) is 6.39. The molecular weight excluding hydrogens is 395 g/mol. The first-order chi connectivity index (χ1) is 16.3. The number of unbranched alkanes of at least 4 members (excludes halogenated alkanes) is 2. The molecule has 4 aromatic carbocycles. The predicted molar refractivity (Wildman–Crippen MR) is 146 cm³/mol. The Bertz CT molecular complexity index is 1100. The van der Waals surface area contributed by atoms with Gasteiger partial charge in [-0.3, -0.25) is 0 Å². The third-order valence-electron chi connectivity index (χ3n) is 6.39. The van der Waals surface area contributed by atoms with Crippen LogP contribution in [0.4, 0.5) is 0 Å². The Morgan fingerprint density at radius 1 is 0.576 bits per heavy atom. The highest BCUT2D eigenvalue weighted by Gasteiger charge is 2.28. The summed E-state index contributed by atoms with van der Waals surface area (Å²) in [7, 11) is 0. The first-order valence-corrected chi connectivity index (χ1v) is 12.2. The number of aryl methyl sites for hydroxylation is 1. The number of allylic oxidation sites excluding steroid dienone is 1. The molecular formula is C32H33B. The summed E-state index contributed by atoms with van der Waals surface area (Å²) in [5.41, 5.74) is 9.51. The van der Waals surface area contributed by atoms with E-state index in [2.05, 4.69) is 129 Å². The second kappa shape index (κ2) is 11.5. The Labute approximate surface area is 200 Å². The summed E-state index contributed by atoms with van der Waals surface area (Å²) in [5.74, 6) is 0. The molecule has 0 aliphatic rings. The molecule has 0 amide bonds. The van der Waals surface area contributed by atoms with Gasteiger partial charge in [-0.1, -0.05) is 157 Å². The lowest BCUT2D eigenvalue weighted by Gasteiger charge is -2.24. The molecule has 4 rings (SSSR count). The summed E-state index contributed by atoms with van der Waals surface area (Å²) < 4.78 is 0. The van der Waals surface area contributed by atoms with Crippen LogP contribution in [0.5, 0.6) is 0 Å². The van der Waals surface area contributed by atoms with E-state index in [1.54, 1.807) is 0 Å². The van der Waals surface area contributed by atoms with Crippen molar-refractivity contribution in [1.82, 2.24) is 0 Å². The van der Waals surface area contributed by atoms with Gasteiger partial charge >= 0.3 is 0 Å². The minimum atomic E-state index is 0.174. The molecule has 0 aliphatic carbocycles. The minimum absolute atomic E-state index is 0.174. The van der Waals surface area contributed by atoms with E-state index >= 15 is 0 Å². The molecule has 0 bridgehead atoms. The van der Waals surface area contributed by atoms with E-state index in [1.165, 1.54) is 57.9 Å². The summed E-state index contributed by atoms with van der Waals surface area (Å²) >= 11 is 0. The fourth-order valence-electron chi connectivity index (χ4n) is 4.69. The molecule has 0 N–H and O–H groups in total. The van der Waals surface area contributed by atoms with E-state index in [-0.39, 0.29) is 6.71 Å². The molecule has 0 fully saturated rings. The molecule has 0 atom stereocenters. The fourth-order valence-corrected chi connectivity index (χ4v) is 4.69. The summed E-state index contributed by atoms with van der Waals surface area (Å²) in [5, 5.41) is 0. The Kier molecular flexibility index (Phi) is 7.98. The molecule has 164 valence electrons. The van der Waals surface area contributed by atoms with Crippen molar-refractivity contribution in [2.24, 2.45) is 0 Å². The van der Waals surface area contributed by atoms with Crippen molar-refractivity contribution in [3.05, 3.63) is 132 Å². The van der Waals surface area contributed by atoms with Crippen molar-refractivity contribution in [2.75, 3.05) is 0 Å². The Morgan fingerprint density at radius 2 is 1.09 bits per heavy atom. The number of hydrogen-bond donors (Lipinski definition) is 0. The zero-order valence-corrected chi connectivity index (χ0v) is 19.9. The SMILES string of the molecule is CCCCC/C(=C(\B(c1ccccc1)c1ccccc1)c1ccccc1)c1ccc(C)cc1. The van der Waals surface area contributed by atoms with Crippen LogP contribution in [0, 0.1) is 6.92 Å². The van der Waals surface area contributed by atoms with Gasteiger partial charge in [-0.15, -0.1) is 0 Å². The average Bonchev–Trinajstić information content (AvgIpc) is 2.88. The van der Waals surface area contributed by atoms with E-state index in [1.807, 2.05) is 0 Å². The van der Waals surface area contributed by atoms with Crippen molar-refractivity contribution >= 4 is 28.7 Å². The lowest BCUT2D eigenvalue weighted by Crippen LogP contribution is -2.44. The molecule has 0 aromatic heterocycles. The van der Waals surface area contributed by atoms with Crippen LogP contribution in [0.2, 0.25) is 0 Å². The molecule has 33 heavy (non-hydrogen) atoms. The van der Waals surface area contributed by atoms with Crippen LogP contribution in [0.1, 0.15) is 49.3 Å². The monoisotopic (exact) mass is 428 g/mol. The van der Waals surface area contributed by atoms with Crippen molar-refractivity contribution in [3.63, 3.8) is 0 Å². The van der Waals surface area contributed by atoms with Gasteiger partial charge in [0.05, 0.1) is 0 Å². The molecule has 0 heterocycles. The van der Waals surface area contributed by atoms with Gasteiger partial charge in [0.1, 0.15) is 0 Å². The van der Waals surface area contributed by atoms with Crippen molar-refractivity contribution in [2.45, 2.75) is 39.5 Å². The molecule has 0 aliphatic heterocycles. The smallest absolute Gasteiger partial charge is 0.0686 e. The van der Waals surface area contributed by atoms with Gasteiger partial charge in [-0.05, 0) is 36.5 Å². The standard InChI is InChI=1S/C32H33B/c1-3-4-8-21-31(27-24-22-26(2)23-25-27)32(28-15-9-5-10-16-28)33(29-17-11-6-12-18-29)30-19-13-7-14-20-30/h5-7,9-20,22-25H,3-4,8,21H2,1-2H3/b32-31+. The highest BCUT2D eigenvalue weighted by Crippen LogP contribution is 2.33. The maximum atomic E-state index is 2.31. The molecule has 0 nitrogen and oxygen atoms in total. The van der Waals surface area contributed by atoms with Crippen molar-refractivity contribution < 1.29 is 0 Å². The lowest BCUT2D eigenvalue weighted by molar-refractivity contribution is 0.736. The first kappa shape index (κ1) is 22.9. The van der Waals surface area contributed by atoms with E-state index in [0.29, 0.717) is 0 Å². The molecule has 0 radical (unpaired) electrons. The number of rotatable bonds is 9. The van der Waals surface area contributed by atoms with Crippen LogP contribution in [-0.4, -0.2) is 6.71 Å². The first-order valence-electron chi connectivity index (χ1n) is 12.2. The Hall–Kier alpha value is -3.32. The van der Waals surface area contributed by atoms with Crippen LogP contribution >= 0.6 is 0 Å². The third kappa shape index (κ3) is 5.73. The minimum Gasteiger partial charge on any atom is -0.0686 e. The zero-order valence-electron chi connectivity index (χ0n) is 19.9. The van der Waals surface area contributed by atoms with E-state index in [0.717, 1.165) is 6.42 Å². The van der Waals surface area contributed by atoms with E-state index in [4.69, 9.17) is 0 Å². The van der Waals surface area contributed by atoms with E-state index < -0.39 is 0 Å². The molecule has 1 heteroatoms. The average molecular weight is 428 g/mol. The second-order valence-corrected chi connectivity index (χ2v) is 8.84. The van der Waals surface area contributed by atoms with Gasteiger partial charge in [0.25, 0.3) is 0 Å². The highest BCUT2D eigenvalue weighted by molar-refractivity contribution is 7.00. The normalized spacial score (nSPS) is 11.7. The van der Waals surface area contributed by atoms with Gasteiger partial charge in [0.2, 0.25) is 6.71 Å². The fraction of sp³-hybridized carbons (Fsp3) is 0.188. The summed E-state index contributed by atoms with van der Waals surface area (Å²) in [6.45, 7) is 4.62. The Balaban J connectivity index is 2.01. The molecule has 0 unspecified atom stereocenters. The van der Waals surface area contributed by atoms with Crippen LogP contribution in [0.3, 0.4) is 0 Å². The quantitative estimate of drug-likeness (QED) is 0.149. The lowest BCUT2D eigenvalue weighted by atomic mass is 9.34. The van der Waals surface area contributed by atoms with Gasteiger partial charge in [0.15, 0.2) is 0 Å². The van der Waals surface area contributed by atoms with Crippen molar-refractivity contribution in [1.29, 1.82) is 0 Å². The zero-order chi connectivity index (χ0) is 22.9. The largest absolute Gasteiger partial charge is 0.242 e.